The van der Waals surface area contributed by atoms with Gasteiger partial charge in [-0.1, -0.05) is 13.8 Å². The monoisotopic (exact) mass is 279 g/mol. The van der Waals surface area contributed by atoms with E-state index in [4.69, 9.17) is 0 Å². The standard InChI is InChI=1S/C13H17F4NO/c1-6(2)7(3)18-12(19)9-8(14)5-13(4,17)11(16)10(9)15/h5-7,9H,1-4H3,(H,18,19). The SMILES string of the molecule is CC(C)C(C)NC(=O)C1C(F)=CC(C)(F)C(F)=C1F. The van der Waals surface area contributed by atoms with Crippen LogP contribution in [-0.4, -0.2) is 17.6 Å². The van der Waals surface area contributed by atoms with E-state index in [0.717, 1.165) is 0 Å². The van der Waals surface area contributed by atoms with Gasteiger partial charge in [-0.2, -0.15) is 0 Å². The number of carbonyl (C=O) groups is 1. The van der Waals surface area contributed by atoms with Gasteiger partial charge in [0, 0.05) is 6.04 Å². The summed E-state index contributed by atoms with van der Waals surface area (Å²) < 4.78 is 54.0. The fourth-order valence-electron chi connectivity index (χ4n) is 1.60. The lowest BCUT2D eigenvalue weighted by molar-refractivity contribution is -0.124. The van der Waals surface area contributed by atoms with Crippen molar-refractivity contribution in [2.45, 2.75) is 39.4 Å². The normalized spacial score (nSPS) is 29.3. The van der Waals surface area contributed by atoms with Crippen LogP contribution >= 0.6 is 0 Å². The van der Waals surface area contributed by atoms with Crippen LogP contribution in [-0.2, 0) is 4.79 Å². The summed E-state index contributed by atoms with van der Waals surface area (Å²) in [5.41, 5.74) is -2.85. The van der Waals surface area contributed by atoms with E-state index in [9.17, 15) is 22.4 Å². The Morgan fingerprint density at radius 1 is 1.32 bits per heavy atom. The summed E-state index contributed by atoms with van der Waals surface area (Å²) in [7, 11) is 0. The number of allylic oxidation sites excluding steroid dienone is 2. The lowest BCUT2D eigenvalue weighted by Crippen LogP contribution is -2.42. The van der Waals surface area contributed by atoms with Crippen molar-refractivity contribution in [1.82, 2.24) is 5.32 Å². The van der Waals surface area contributed by atoms with E-state index in [0.29, 0.717) is 6.92 Å². The van der Waals surface area contributed by atoms with Gasteiger partial charge in [0.2, 0.25) is 5.91 Å². The summed E-state index contributed by atoms with van der Waals surface area (Å²) in [5, 5.41) is 2.37. The molecule has 0 aromatic rings. The molecule has 1 rings (SSSR count). The van der Waals surface area contributed by atoms with Gasteiger partial charge in [-0.25, -0.2) is 17.6 Å². The molecule has 0 radical (unpaired) electrons. The fraction of sp³-hybridized carbons (Fsp3) is 0.615. The largest absolute Gasteiger partial charge is 0.352 e. The zero-order valence-corrected chi connectivity index (χ0v) is 11.2. The molecule has 19 heavy (non-hydrogen) atoms. The maximum atomic E-state index is 13.6. The number of alkyl halides is 1. The molecule has 0 heterocycles. The van der Waals surface area contributed by atoms with Gasteiger partial charge in [0.25, 0.3) is 0 Å². The van der Waals surface area contributed by atoms with Crippen molar-refractivity contribution in [3.05, 3.63) is 23.6 Å². The van der Waals surface area contributed by atoms with Crippen LogP contribution in [0.25, 0.3) is 0 Å². The van der Waals surface area contributed by atoms with Crippen molar-refractivity contribution in [2.75, 3.05) is 0 Å². The molecule has 1 amide bonds. The van der Waals surface area contributed by atoms with E-state index in [1.165, 1.54) is 0 Å². The van der Waals surface area contributed by atoms with Crippen molar-refractivity contribution in [3.63, 3.8) is 0 Å². The predicted molar refractivity (Wildman–Crippen MR) is 63.9 cm³/mol. The maximum absolute atomic E-state index is 13.6. The Morgan fingerprint density at radius 3 is 2.32 bits per heavy atom. The van der Waals surface area contributed by atoms with Crippen LogP contribution in [0.3, 0.4) is 0 Å². The quantitative estimate of drug-likeness (QED) is 0.787. The van der Waals surface area contributed by atoms with Crippen LogP contribution < -0.4 is 5.32 Å². The predicted octanol–water partition coefficient (Wildman–Crippen LogP) is 3.51. The Morgan fingerprint density at radius 2 is 1.84 bits per heavy atom. The van der Waals surface area contributed by atoms with Crippen molar-refractivity contribution < 1.29 is 22.4 Å². The number of nitrogens with one attached hydrogen (secondary N) is 1. The molecule has 3 atom stereocenters. The first-order valence-electron chi connectivity index (χ1n) is 6.01. The third kappa shape index (κ3) is 3.16. The average Bonchev–Trinajstić information content (AvgIpc) is 2.25. The highest BCUT2D eigenvalue weighted by atomic mass is 19.2. The van der Waals surface area contributed by atoms with Gasteiger partial charge in [0.05, 0.1) is 0 Å². The highest BCUT2D eigenvalue weighted by Gasteiger charge is 2.44. The minimum absolute atomic E-state index is 0.0444. The minimum Gasteiger partial charge on any atom is -0.352 e. The van der Waals surface area contributed by atoms with Crippen molar-refractivity contribution in [3.8, 4) is 0 Å². The number of hydrogen-bond acceptors (Lipinski definition) is 1. The third-order valence-electron chi connectivity index (χ3n) is 3.21. The topological polar surface area (TPSA) is 29.1 Å². The summed E-state index contributed by atoms with van der Waals surface area (Å²) >= 11 is 0. The fourth-order valence-corrected chi connectivity index (χ4v) is 1.60. The number of amides is 1. The number of rotatable bonds is 3. The Bertz CT molecular complexity index is 440. The molecule has 3 unspecified atom stereocenters. The molecule has 1 aliphatic rings. The molecular weight excluding hydrogens is 262 g/mol. The summed E-state index contributed by atoms with van der Waals surface area (Å²) in [6.07, 6.45) is 0.287. The molecule has 0 saturated heterocycles. The first-order chi connectivity index (χ1) is 8.58. The van der Waals surface area contributed by atoms with E-state index >= 15 is 0 Å². The second-order valence-corrected chi connectivity index (χ2v) is 5.24. The molecule has 0 fully saturated rings. The van der Waals surface area contributed by atoms with Crippen molar-refractivity contribution in [2.24, 2.45) is 11.8 Å². The van der Waals surface area contributed by atoms with Crippen LogP contribution in [0.1, 0.15) is 27.7 Å². The Kier molecular flexibility index (Phi) is 4.43. The van der Waals surface area contributed by atoms with Crippen LogP contribution in [0, 0.1) is 11.8 Å². The highest BCUT2D eigenvalue weighted by Crippen LogP contribution is 2.40. The third-order valence-corrected chi connectivity index (χ3v) is 3.21. The summed E-state index contributed by atoms with van der Waals surface area (Å²) in [6, 6.07) is -0.338. The molecule has 1 N–H and O–H groups in total. The van der Waals surface area contributed by atoms with Crippen LogP contribution in [0.15, 0.2) is 23.6 Å². The van der Waals surface area contributed by atoms with E-state index in [1.54, 1.807) is 6.92 Å². The molecule has 108 valence electrons. The first kappa shape index (κ1) is 15.7. The molecule has 1 aliphatic carbocycles. The first-order valence-corrected chi connectivity index (χ1v) is 6.01. The second kappa shape index (κ2) is 5.35. The van der Waals surface area contributed by atoms with Crippen LogP contribution in [0.5, 0.6) is 0 Å². The van der Waals surface area contributed by atoms with E-state index < -0.39 is 35.0 Å². The van der Waals surface area contributed by atoms with Gasteiger partial charge >= 0.3 is 0 Å². The molecule has 0 saturated carbocycles. The maximum Gasteiger partial charge on any atom is 0.237 e. The van der Waals surface area contributed by atoms with Gasteiger partial charge < -0.3 is 5.32 Å². The Balaban J connectivity index is 2.99. The average molecular weight is 279 g/mol. The van der Waals surface area contributed by atoms with Gasteiger partial charge in [-0.15, -0.1) is 0 Å². The van der Waals surface area contributed by atoms with E-state index in [2.05, 4.69) is 5.32 Å². The molecule has 6 heteroatoms. The van der Waals surface area contributed by atoms with Gasteiger partial charge in [0.1, 0.15) is 11.7 Å². The van der Waals surface area contributed by atoms with Crippen molar-refractivity contribution in [1.29, 1.82) is 0 Å². The summed E-state index contributed by atoms with van der Waals surface area (Å²) in [6.45, 7) is 5.96. The van der Waals surface area contributed by atoms with Crippen LogP contribution in [0.4, 0.5) is 17.6 Å². The highest BCUT2D eigenvalue weighted by molar-refractivity contribution is 5.84. The van der Waals surface area contributed by atoms with Crippen molar-refractivity contribution >= 4 is 5.91 Å². The molecule has 2 nitrogen and oxygen atoms in total. The van der Waals surface area contributed by atoms with Gasteiger partial charge in [-0.3, -0.25) is 4.79 Å². The lowest BCUT2D eigenvalue weighted by Gasteiger charge is -2.26. The molecule has 0 spiro atoms. The lowest BCUT2D eigenvalue weighted by atomic mass is 9.90. The summed E-state index contributed by atoms with van der Waals surface area (Å²) in [4.78, 5) is 11.7. The smallest absolute Gasteiger partial charge is 0.237 e. The molecule has 0 bridgehead atoms. The summed E-state index contributed by atoms with van der Waals surface area (Å²) in [5.74, 6) is -7.80. The van der Waals surface area contributed by atoms with E-state index in [-0.39, 0.29) is 18.0 Å². The second-order valence-electron chi connectivity index (χ2n) is 5.24. The number of halogens is 4. The molecule has 0 aromatic carbocycles. The molecule has 0 aromatic heterocycles. The zero-order valence-electron chi connectivity index (χ0n) is 11.2. The number of hydrogen-bond donors (Lipinski definition) is 1. The Labute approximate surface area is 109 Å². The molecular formula is C13H17F4NO. The zero-order chi connectivity index (χ0) is 15.0. The van der Waals surface area contributed by atoms with Gasteiger partial charge in [0.15, 0.2) is 17.3 Å². The number of carbonyl (C=O) groups excluding carboxylic acids is 1. The molecule has 0 aliphatic heterocycles. The minimum atomic E-state index is -2.85. The van der Waals surface area contributed by atoms with Crippen LogP contribution in [0.2, 0.25) is 0 Å². The van der Waals surface area contributed by atoms with Gasteiger partial charge in [-0.05, 0) is 25.8 Å². The van der Waals surface area contributed by atoms with E-state index in [1.807, 2.05) is 13.8 Å². The Hall–Kier alpha value is -1.33.